The highest BCUT2D eigenvalue weighted by atomic mass is 35.5. The van der Waals surface area contributed by atoms with E-state index < -0.39 is 0 Å². The fourth-order valence-electron chi connectivity index (χ4n) is 3.70. The maximum absolute atomic E-state index is 6.50. The highest BCUT2D eigenvalue weighted by Crippen LogP contribution is 2.27. The standard InChI is InChI=1S/C21H35ClN4O2/c1-5-26(6-2)19(17-9-7-8-10-18(17)22)15-24-20(23-3)25-16-21(27-4)11-13-28-14-12-21/h7-10,19H,5-6,11-16H2,1-4H3,(H2,23,24,25). The van der Waals surface area contributed by atoms with E-state index in [-0.39, 0.29) is 11.6 Å². The van der Waals surface area contributed by atoms with Crippen molar-refractivity contribution in [1.82, 2.24) is 15.5 Å². The highest BCUT2D eigenvalue weighted by Gasteiger charge is 2.32. The molecule has 28 heavy (non-hydrogen) atoms. The number of hydrogen-bond donors (Lipinski definition) is 2. The third-order valence-electron chi connectivity index (χ3n) is 5.62. The monoisotopic (exact) mass is 410 g/mol. The summed E-state index contributed by atoms with van der Waals surface area (Å²) in [6.07, 6.45) is 1.77. The van der Waals surface area contributed by atoms with Crippen LogP contribution in [0.5, 0.6) is 0 Å². The minimum atomic E-state index is -0.198. The summed E-state index contributed by atoms with van der Waals surface area (Å²) in [6, 6.07) is 8.23. The topological polar surface area (TPSA) is 58.1 Å². The second kappa shape index (κ2) is 11.6. The Morgan fingerprint density at radius 3 is 2.50 bits per heavy atom. The number of nitrogens with zero attached hydrogens (tertiary/aromatic N) is 2. The molecule has 6 nitrogen and oxygen atoms in total. The highest BCUT2D eigenvalue weighted by molar-refractivity contribution is 6.31. The van der Waals surface area contributed by atoms with Crippen LogP contribution in [0.2, 0.25) is 5.02 Å². The number of halogens is 1. The minimum Gasteiger partial charge on any atom is -0.381 e. The largest absolute Gasteiger partial charge is 0.381 e. The first kappa shape index (κ1) is 22.9. The van der Waals surface area contributed by atoms with Gasteiger partial charge in [0.1, 0.15) is 0 Å². The zero-order chi connectivity index (χ0) is 20.4. The first-order valence-corrected chi connectivity index (χ1v) is 10.5. The second-order valence-corrected chi connectivity index (χ2v) is 7.47. The molecular formula is C21H35ClN4O2. The molecule has 1 saturated heterocycles. The molecule has 0 aliphatic carbocycles. The Hall–Kier alpha value is -1.34. The Kier molecular flexibility index (Phi) is 9.51. The van der Waals surface area contributed by atoms with Gasteiger partial charge in [-0.1, -0.05) is 43.6 Å². The van der Waals surface area contributed by atoms with Gasteiger partial charge in [-0.05, 0) is 24.7 Å². The van der Waals surface area contributed by atoms with Crippen LogP contribution in [0.15, 0.2) is 29.3 Å². The second-order valence-electron chi connectivity index (χ2n) is 7.06. The van der Waals surface area contributed by atoms with Crippen LogP contribution in [0.25, 0.3) is 0 Å². The van der Waals surface area contributed by atoms with Crippen molar-refractivity contribution < 1.29 is 9.47 Å². The quantitative estimate of drug-likeness (QED) is 0.484. The van der Waals surface area contributed by atoms with Crippen LogP contribution >= 0.6 is 11.6 Å². The van der Waals surface area contributed by atoms with Crippen LogP contribution in [0.1, 0.15) is 38.3 Å². The predicted molar refractivity (Wildman–Crippen MR) is 116 cm³/mol. The molecule has 0 aromatic heterocycles. The fraction of sp³-hybridized carbons (Fsp3) is 0.667. The molecule has 1 aromatic carbocycles. The average Bonchev–Trinajstić information content (AvgIpc) is 2.74. The smallest absolute Gasteiger partial charge is 0.191 e. The van der Waals surface area contributed by atoms with Crippen molar-refractivity contribution in [2.24, 2.45) is 4.99 Å². The first-order chi connectivity index (χ1) is 13.6. The molecule has 0 saturated carbocycles. The number of likely N-dealkylation sites (N-methyl/N-ethyl adjacent to an activating group) is 1. The van der Waals surface area contributed by atoms with E-state index in [0.29, 0.717) is 13.1 Å². The molecule has 7 heteroatoms. The Balaban J connectivity index is 2.02. The Labute approximate surface area is 174 Å². The molecule has 1 aliphatic rings. The zero-order valence-corrected chi connectivity index (χ0v) is 18.4. The van der Waals surface area contributed by atoms with Gasteiger partial charge in [-0.15, -0.1) is 0 Å². The number of guanidine groups is 1. The van der Waals surface area contributed by atoms with Gasteiger partial charge in [0, 0.05) is 58.3 Å². The summed E-state index contributed by atoms with van der Waals surface area (Å²) >= 11 is 6.50. The van der Waals surface area contributed by atoms with Crippen molar-refractivity contribution in [1.29, 1.82) is 0 Å². The van der Waals surface area contributed by atoms with Crippen LogP contribution in [0, 0.1) is 0 Å². The molecule has 1 heterocycles. The number of hydrogen-bond acceptors (Lipinski definition) is 4. The SMILES string of the molecule is CCN(CC)C(CNC(=NC)NCC1(OC)CCOCC1)c1ccccc1Cl. The number of benzene rings is 1. The fourth-order valence-corrected chi connectivity index (χ4v) is 3.96. The summed E-state index contributed by atoms with van der Waals surface area (Å²) in [5.74, 6) is 0.770. The van der Waals surface area contributed by atoms with Crippen molar-refractivity contribution in [3.05, 3.63) is 34.9 Å². The number of rotatable bonds is 9. The lowest BCUT2D eigenvalue weighted by atomic mass is 9.94. The van der Waals surface area contributed by atoms with Gasteiger partial charge in [0.15, 0.2) is 5.96 Å². The molecule has 0 bridgehead atoms. The van der Waals surface area contributed by atoms with Crippen molar-refractivity contribution in [3.63, 3.8) is 0 Å². The minimum absolute atomic E-state index is 0.168. The van der Waals surface area contributed by atoms with Crippen molar-refractivity contribution in [2.45, 2.75) is 38.3 Å². The summed E-state index contributed by atoms with van der Waals surface area (Å²) < 4.78 is 11.3. The number of aliphatic imine (C=N–C) groups is 1. The predicted octanol–water partition coefficient (Wildman–Crippen LogP) is 3.08. The van der Waals surface area contributed by atoms with Crippen LogP contribution in [0.3, 0.4) is 0 Å². The molecule has 0 amide bonds. The van der Waals surface area contributed by atoms with Gasteiger partial charge in [-0.3, -0.25) is 9.89 Å². The third-order valence-corrected chi connectivity index (χ3v) is 5.96. The average molecular weight is 411 g/mol. The summed E-state index contributed by atoms with van der Waals surface area (Å²) in [5, 5.41) is 7.71. The Morgan fingerprint density at radius 2 is 1.93 bits per heavy atom. The lowest BCUT2D eigenvalue weighted by molar-refractivity contribution is -0.0855. The van der Waals surface area contributed by atoms with E-state index >= 15 is 0 Å². The van der Waals surface area contributed by atoms with Crippen molar-refractivity contribution >= 4 is 17.6 Å². The lowest BCUT2D eigenvalue weighted by Gasteiger charge is -2.36. The number of ether oxygens (including phenoxy) is 2. The molecule has 2 rings (SSSR count). The van der Waals surface area contributed by atoms with Gasteiger partial charge in [-0.2, -0.15) is 0 Å². The number of nitrogens with one attached hydrogen (secondary N) is 2. The van der Waals surface area contributed by atoms with Gasteiger partial charge in [0.2, 0.25) is 0 Å². The molecule has 2 N–H and O–H groups in total. The number of methoxy groups -OCH3 is 1. The molecule has 1 fully saturated rings. The van der Waals surface area contributed by atoms with E-state index in [9.17, 15) is 0 Å². The molecule has 1 unspecified atom stereocenters. The molecule has 1 aliphatic heterocycles. The molecule has 1 atom stereocenters. The molecule has 0 spiro atoms. The summed E-state index contributed by atoms with van der Waals surface area (Å²) in [4.78, 5) is 6.79. The van der Waals surface area contributed by atoms with Crippen LogP contribution < -0.4 is 10.6 Å². The zero-order valence-electron chi connectivity index (χ0n) is 17.6. The van der Waals surface area contributed by atoms with Crippen molar-refractivity contribution in [2.75, 3.05) is 53.6 Å². The lowest BCUT2D eigenvalue weighted by Crippen LogP contribution is -2.51. The van der Waals surface area contributed by atoms with Crippen molar-refractivity contribution in [3.8, 4) is 0 Å². The molecular weight excluding hydrogens is 376 g/mol. The van der Waals surface area contributed by atoms with E-state index in [0.717, 1.165) is 55.7 Å². The van der Waals surface area contributed by atoms with Crippen LogP contribution in [-0.4, -0.2) is 70.0 Å². The van der Waals surface area contributed by atoms with Gasteiger partial charge < -0.3 is 20.1 Å². The summed E-state index contributed by atoms with van der Waals surface area (Å²) in [6.45, 7) is 9.14. The van der Waals surface area contributed by atoms with Gasteiger partial charge in [-0.25, -0.2) is 0 Å². The maximum atomic E-state index is 6.50. The molecule has 1 aromatic rings. The van der Waals surface area contributed by atoms with Gasteiger partial charge >= 0.3 is 0 Å². The summed E-state index contributed by atoms with van der Waals surface area (Å²) in [5.41, 5.74) is 0.935. The molecule has 158 valence electrons. The Morgan fingerprint density at radius 1 is 1.25 bits per heavy atom. The van der Waals surface area contributed by atoms with E-state index in [1.807, 2.05) is 18.2 Å². The van der Waals surface area contributed by atoms with Crippen LogP contribution in [0.4, 0.5) is 0 Å². The third kappa shape index (κ3) is 6.08. The van der Waals surface area contributed by atoms with E-state index in [2.05, 4.69) is 40.4 Å². The Bertz CT molecular complexity index is 616. The van der Waals surface area contributed by atoms with E-state index in [4.69, 9.17) is 21.1 Å². The first-order valence-electron chi connectivity index (χ1n) is 10.1. The van der Waals surface area contributed by atoms with Gasteiger partial charge in [0.25, 0.3) is 0 Å². The normalized spacial score (nSPS) is 18.1. The van der Waals surface area contributed by atoms with E-state index in [1.165, 1.54) is 0 Å². The molecule has 0 radical (unpaired) electrons. The van der Waals surface area contributed by atoms with Crippen LogP contribution in [-0.2, 0) is 9.47 Å². The van der Waals surface area contributed by atoms with E-state index in [1.54, 1.807) is 14.2 Å². The summed E-state index contributed by atoms with van der Waals surface area (Å²) in [7, 11) is 3.57. The maximum Gasteiger partial charge on any atom is 0.191 e. The van der Waals surface area contributed by atoms with Gasteiger partial charge in [0.05, 0.1) is 11.6 Å².